The summed E-state index contributed by atoms with van der Waals surface area (Å²) in [6.45, 7) is 10.7. The van der Waals surface area contributed by atoms with Crippen LogP contribution in [0.25, 0.3) is 0 Å². The van der Waals surface area contributed by atoms with Crippen molar-refractivity contribution in [2.75, 3.05) is 19.8 Å². The van der Waals surface area contributed by atoms with E-state index < -0.39 is 18.9 Å². The van der Waals surface area contributed by atoms with Gasteiger partial charge in [-0.25, -0.2) is 4.79 Å². The number of hydrogen-bond donors (Lipinski definition) is 0. The maximum atomic E-state index is 13.6. The fraction of sp³-hybridized carbons (Fsp3) is 0.304. The van der Waals surface area contributed by atoms with E-state index in [1.165, 1.54) is 0 Å². The topological polar surface area (TPSA) is 78.9 Å². The predicted molar refractivity (Wildman–Crippen MR) is 117 cm³/mol. The number of hydrogen-bond acceptors (Lipinski definition) is 6. The number of carbonyl (C=O) groups is 2. The Kier molecular flexibility index (Phi) is 8.16. The average Bonchev–Trinajstić information content (AvgIpc) is 2.71. The smallest absolute Gasteiger partial charge is 0.333 e. The molecule has 2 rings (SSSR count). The molecule has 1 unspecified atom stereocenters. The van der Waals surface area contributed by atoms with Gasteiger partial charge in [-0.2, -0.15) is 0 Å². The van der Waals surface area contributed by atoms with Crippen molar-refractivity contribution in [3.8, 4) is 5.75 Å². The van der Waals surface area contributed by atoms with Crippen LogP contribution in [0.2, 0.25) is 0 Å². The summed E-state index contributed by atoms with van der Waals surface area (Å²) in [5.41, 5.74) is 1.40. The molecule has 0 bridgehead atoms. The molecule has 0 saturated carbocycles. The Hall–Kier alpha value is -2.69. The Labute approximate surface area is 177 Å². The van der Waals surface area contributed by atoms with Crippen molar-refractivity contribution >= 4 is 24.2 Å². The molecule has 0 fully saturated rings. The molecule has 1 atom stereocenters. The van der Waals surface area contributed by atoms with Gasteiger partial charge in [0.15, 0.2) is 0 Å². The van der Waals surface area contributed by atoms with Crippen LogP contribution >= 0.6 is 7.37 Å². The van der Waals surface area contributed by atoms with Crippen molar-refractivity contribution in [2.24, 2.45) is 0 Å². The maximum absolute atomic E-state index is 13.6. The van der Waals surface area contributed by atoms with Crippen LogP contribution in [0.4, 0.5) is 0 Å². The molecule has 0 heterocycles. The molecule has 0 spiro atoms. The van der Waals surface area contributed by atoms with Crippen molar-refractivity contribution in [2.45, 2.75) is 27.7 Å². The minimum atomic E-state index is -3.75. The molecule has 0 N–H and O–H groups in total. The lowest BCUT2D eigenvalue weighted by atomic mass is 10.0. The van der Waals surface area contributed by atoms with E-state index in [1.807, 2.05) is 0 Å². The van der Waals surface area contributed by atoms with Crippen LogP contribution in [0.15, 0.2) is 54.6 Å². The van der Waals surface area contributed by atoms with Crippen molar-refractivity contribution < 1.29 is 28.2 Å². The van der Waals surface area contributed by atoms with Gasteiger partial charge < -0.3 is 14.0 Å². The molecule has 0 aliphatic rings. The Balaban J connectivity index is 2.23. The van der Waals surface area contributed by atoms with Crippen molar-refractivity contribution in [3.05, 3.63) is 71.3 Å². The summed E-state index contributed by atoms with van der Waals surface area (Å²) in [6, 6.07) is 11.9. The number of benzene rings is 2. The van der Waals surface area contributed by atoms with Gasteiger partial charge >= 0.3 is 13.3 Å². The standard InChI is InChI=1S/C23H27O6P/c1-6-29-30(26,20-10-8-7-9-11-20)23(25)21-17(4)14-19(15-18(21)5)27-12-13-28-22(24)16(2)3/h7-11,14-15H,2,6,12-13H2,1,3-5H3. The molecule has 30 heavy (non-hydrogen) atoms. The van der Waals surface area contributed by atoms with E-state index in [4.69, 9.17) is 14.0 Å². The minimum absolute atomic E-state index is 0.0814. The van der Waals surface area contributed by atoms with Crippen molar-refractivity contribution in [1.82, 2.24) is 0 Å². The first-order valence-electron chi connectivity index (χ1n) is 9.62. The molecule has 0 saturated heterocycles. The zero-order chi connectivity index (χ0) is 22.3. The van der Waals surface area contributed by atoms with Gasteiger partial charge in [0, 0.05) is 16.4 Å². The van der Waals surface area contributed by atoms with Gasteiger partial charge in [0.25, 0.3) is 5.52 Å². The third-order valence-electron chi connectivity index (χ3n) is 4.33. The Bertz CT molecular complexity index is 957. The van der Waals surface area contributed by atoms with Crippen molar-refractivity contribution in [3.63, 3.8) is 0 Å². The first-order valence-corrected chi connectivity index (χ1v) is 11.2. The second kappa shape index (κ2) is 10.4. The Morgan fingerprint density at radius 1 is 1.03 bits per heavy atom. The van der Waals surface area contributed by atoms with Crippen molar-refractivity contribution in [1.29, 1.82) is 0 Å². The molecule has 0 aliphatic carbocycles. The van der Waals surface area contributed by atoms with Crippen LogP contribution in [0.1, 0.15) is 35.3 Å². The normalized spacial score (nSPS) is 12.7. The first-order chi connectivity index (χ1) is 14.2. The third-order valence-corrected chi connectivity index (χ3v) is 6.69. The quantitative estimate of drug-likeness (QED) is 0.238. The first kappa shape index (κ1) is 23.6. The molecule has 6 nitrogen and oxygen atoms in total. The van der Waals surface area contributed by atoms with Crippen LogP contribution in [0.5, 0.6) is 5.75 Å². The lowest BCUT2D eigenvalue weighted by Gasteiger charge is -2.20. The van der Waals surface area contributed by atoms with E-state index in [0.717, 1.165) is 0 Å². The number of carbonyl (C=O) groups excluding carboxylic acids is 2. The molecule has 0 aromatic heterocycles. The minimum Gasteiger partial charge on any atom is -0.490 e. The molecule has 2 aromatic rings. The fourth-order valence-corrected chi connectivity index (χ4v) is 5.04. The van der Waals surface area contributed by atoms with E-state index in [-0.39, 0.29) is 19.8 Å². The highest BCUT2D eigenvalue weighted by molar-refractivity contribution is 7.83. The van der Waals surface area contributed by atoms with Crippen LogP contribution < -0.4 is 10.0 Å². The summed E-state index contributed by atoms with van der Waals surface area (Å²) in [7, 11) is -3.75. The maximum Gasteiger partial charge on any atom is 0.333 e. The third kappa shape index (κ3) is 5.47. The van der Waals surface area contributed by atoms with Gasteiger partial charge in [-0.05, 0) is 63.1 Å². The molecular formula is C23H27O6P. The monoisotopic (exact) mass is 430 g/mol. The van der Waals surface area contributed by atoms with Gasteiger partial charge in [0.2, 0.25) is 0 Å². The second-order valence-electron chi connectivity index (χ2n) is 6.81. The highest BCUT2D eigenvalue weighted by Crippen LogP contribution is 2.50. The van der Waals surface area contributed by atoms with Crippen LogP contribution in [0, 0.1) is 13.8 Å². The lowest BCUT2D eigenvalue weighted by Crippen LogP contribution is -2.17. The zero-order valence-corrected chi connectivity index (χ0v) is 18.7. The van der Waals surface area contributed by atoms with Gasteiger partial charge in [-0.1, -0.05) is 24.8 Å². The van der Waals surface area contributed by atoms with E-state index in [0.29, 0.717) is 33.3 Å². The van der Waals surface area contributed by atoms with E-state index in [2.05, 4.69) is 6.58 Å². The lowest BCUT2D eigenvalue weighted by molar-refractivity contribution is -0.139. The average molecular weight is 430 g/mol. The highest BCUT2D eigenvalue weighted by atomic mass is 31.2. The fourth-order valence-electron chi connectivity index (χ4n) is 2.97. The highest BCUT2D eigenvalue weighted by Gasteiger charge is 2.37. The molecule has 160 valence electrons. The van der Waals surface area contributed by atoms with E-state index in [9.17, 15) is 14.2 Å². The predicted octanol–water partition coefficient (Wildman–Crippen LogP) is 4.58. The number of aryl methyl sites for hydroxylation is 2. The molecular weight excluding hydrogens is 403 g/mol. The van der Waals surface area contributed by atoms with Gasteiger partial charge in [0.1, 0.15) is 19.0 Å². The summed E-state index contributed by atoms with van der Waals surface area (Å²) in [6.07, 6.45) is 0. The Morgan fingerprint density at radius 2 is 1.63 bits per heavy atom. The van der Waals surface area contributed by atoms with Crippen LogP contribution in [0.3, 0.4) is 0 Å². The molecule has 0 aliphatic heterocycles. The molecule has 2 aromatic carbocycles. The van der Waals surface area contributed by atoms with E-state index in [1.54, 1.807) is 70.2 Å². The summed E-state index contributed by atoms with van der Waals surface area (Å²) >= 11 is 0. The number of ether oxygens (including phenoxy) is 2. The number of esters is 1. The summed E-state index contributed by atoms with van der Waals surface area (Å²) in [4.78, 5) is 24.7. The molecule has 0 amide bonds. The van der Waals surface area contributed by atoms with Crippen LogP contribution in [-0.4, -0.2) is 31.3 Å². The summed E-state index contributed by atoms with van der Waals surface area (Å²) in [5, 5.41) is 0.371. The van der Waals surface area contributed by atoms with Gasteiger partial charge in [-0.3, -0.25) is 9.36 Å². The molecule has 0 radical (unpaired) electrons. The molecule has 7 heteroatoms. The van der Waals surface area contributed by atoms with E-state index >= 15 is 0 Å². The van der Waals surface area contributed by atoms with Gasteiger partial charge in [0.05, 0.1) is 6.61 Å². The number of rotatable bonds is 10. The second-order valence-corrected chi connectivity index (χ2v) is 9.09. The summed E-state index contributed by atoms with van der Waals surface area (Å²) < 4.78 is 29.7. The zero-order valence-electron chi connectivity index (χ0n) is 17.8. The van der Waals surface area contributed by atoms with Gasteiger partial charge in [-0.15, -0.1) is 0 Å². The summed E-state index contributed by atoms with van der Waals surface area (Å²) in [5.74, 6) is 0.0540. The largest absolute Gasteiger partial charge is 0.490 e. The SMILES string of the molecule is C=C(C)C(=O)OCCOc1cc(C)c(C(=O)P(=O)(OCC)c2ccccc2)c(C)c1. The van der Waals surface area contributed by atoms with Crippen LogP contribution in [-0.2, 0) is 18.6 Å². The Morgan fingerprint density at radius 3 is 2.17 bits per heavy atom.